The molecule has 126 valence electrons. The maximum Gasteiger partial charge on any atom is 0.333 e. The Bertz CT molecular complexity index is 647. The Morgan fingerprint density at radius 3 is 2.46 bits per heavy atom. The molecule has 0 aromatic heterocycles. The van der Waals surface area contributed by atoms with Crippen LogP contribution in [0.2, 0.25) is 0 Å². The minimum absolute atomic E-state index is 0.345. The van der Waals surface area contributed by atoms with E-state index in [2.05, 4.69) is 0 Å². The van der Waals surface area contributed by atoms with Gasteiger partial charge in [-0.05, 0) is 36.3 Å². The molecule has 0 bridgehead atoms. The van der Waals surface area contributed by atoms with E-state index < -0.39 is 12.1 Å². The summed E-state index contributed by atoms with van der Waals surface area (Å²) >= 11 is 0. The lowest BCUT2D eigenvalue weighted by molar-refractivity contribution is -0.149. The van der Waals surface area contributed by atoms with Crippen molar-refractivity contribution in [2.75, 3.05) is 13.2 Å². The van der Waals surface area contributed by atoms with Crippen LogP contribution in [0.1, 0.15) is 18.1 Å². The zero-order valence-electron chi connectivity index (χ0n) is 13.7. The van der Waals surface area contributed by atoms with Crippen LogP contribution in [0.25, 0.3) is 6.08 Å². The van der Waals surface area contributed by atoms with Crippen LogP contribution in [-0.2, 0) is 16.0 Å². The Balaban J connectivity index is 1.83. The van der Waals surface area contributed by atoms with Gasteiger partial charge in [0.05, 0.1) is 0 Å². The highest BCUT2D eigenvalue weighted by molar-refractivity contribution is 5.72. The number of carboxylic acid groups (broad SMARTS) is 1. The topological polar surface area (TPSA) is 55.8 Å². The van der Waals surface area contributed by atoms with E-state index in [1.807, 2.05) is 66.7 Å². The molecule has 2 aromatic carbocycles. The van der Waals surface area contributed by atoms with Gasteiger partial charge in [0.2, 0.25) is 0 Å². The van der Waals surface area contributed by atoms with Crippen LogP contribution in [0.3, 0.4) is 0 Å². The highest BCUT2D eigenvalue weighted by atomic mass is 16.5. The van der Waals surface area contributed by atoms with Crippen molar-refractivity contribution in [1.29, 1.82) is 0 Å². The molecule has 0 amide bonds. The molecular formula is C20H22O4. The van der Waals surface area contributed by atoms with Gasteiger partial charge in [-0.15, -0.1) is 0 Å². The summed E-state index contributed by atoms with van der Waals surface area (Å²) in [6, 6.07) is 17.4. The SMILES string of the molecule is CCO[C@@H](Cc1ccc(OCC=Cc2ccccc2)cc1)C(=O)O. The fourth-order valence-corrected chi connectivity index (χ4v) is 2.25. The van der Waals surface area contributed by atoms with Gasteiger partial charge < -0.3 is 14.6 Å². The van der Waals surface area contributed by atoms with Gasteiger partial charge in [-0.1, -0.05) is 48.5 Å². The van der Waals surface area contributed by atoms with Crippen LogP contribution < -0.4 is 4.74 Å². The Morgan fingerprint density at radius 2 is 1.83 bits per heavy atom. The number of rotatable bonds is 9. The van der Waals surface area contributed by atoms with Gasteiger partial charge in [0.1, 0.15) is 12.4 Å². The minimum Gasteiger partial charge on any atom is -0.490 e. The van der Waals surface area contributed by atoms with Crippen LogP contribution in [0.4, 0.5) is 0 Å². The molecule has 0 heterocycles. The Morgan fingerprint density at radius 1 is 1.12 bits per heavy atom. The van der Waals surface area contributed by atoms with Crippen molar-refractivity contribution in [2.24, 2.45) is 0 Å². The molecule has 2 rings (SSSR count). The summed E-state index contributed by atoms with van der Waals surface area (Å²) in [5.74, 6) is -0.192. The number of benzene rings is 2. The first-order valence-electron chi connectivity index (χ1n) is 7.96. The van der Waals surface area contributed by atoms with Crippen molar-refractivity contribution in [1.82, 2.24) is 0 Å². The second-order valence-electron chi connectivity index (χ2n) is 5.25. The fraction of sp³-hybridized carbons (Fsp3) is 0.250. The van der Waals surface area contributed by atoms with E-state index in [0.717, 1.165) is 16.9 Å². The van der Waals surface area contributed by atoms with Gasteiger partial charge in [0, 0.05) is 13.0 Å². The third-order valence-corrected chi connectivity index (χ3v) is 3.44. The molecule has 0 unspecified atom stereocenters. The lowest BCUT2D eigenvalue weighted by atomic mass is 10.1. The van der Waals surface area contributed by atoms with Crippen molar-refractivity contribution in [3.05, 3.63) is 71.8 Å². The molecular weight excluding hydrogens is 304 g/mol. The molecule has 0 radical (unpaired) electrons. The van der Waals surface area contributed by atoms with Crippen molar-refractivity contribution in [3.63, 3.8) is 0 Å². The van der Waals surface area contributed by atoms with Crippen molar-refractivity contribution in [3.8, 4) is 5.75 Å². The molecule has 0 aliphatic rings. The largest absolute Gasteiger partial charge is 0.490 e. The van der Waals surface area contributed by atoms with E-state index in [9.17, 15) is 4.79 Å². The Labute approximate surface area is 142 Å². The number of carbonyl (C=O) groups is 1. The number of aliphatic carboxylic acids is 1. The molecule has 0 aliphatic carbocycles. The van der Waals surface area contributed by atoms with Crippen molar-refractivity contribution >= 4 is 12.0 Å². The summed E-state index contributed by atoms with van der Waals surface area (Å²) < 4.78 is 10.9. The molecule has 2 aromatic rings. The van der Waals surface area contributed by atoms with Crippen molar-refractivity contribution < 1.29 is 19.4 Å². The van der Waals surface area contributed by atoms with E-state index in [-0.39, 0.29) is 0 Å². The van der Waals surface area contributed by atoms with Gasteiger partial charge >= 0.3 is 5.97 Å². The van der Waals surface area contributed by atoms with Crippen LogP contribution >= 0.6 is 0 Å². The third kappa shape index (κ3) is 5.89. The standard InChI is InChI=1S/C20H22O4/c1-2-23-19(20(21)22)15-17-10-12-18(13-11-17)24-14-6-9-16-7-4-3-5-8-16/h3-13,19H,2,14-15H2,1H3,(H,21,22)/t19-/m0/s1. The first-order chi connectivity index (χ1) is 11.7. The van der Waals surface area contributed by atoms with Gasteiger partial charge in [0.15, 0.2) is 6.10 Å². The average molecular weight is 326 g/mol. The summed E-state index contributed by atoms with van der Waals surface area (Å²) in [5, 5.41) is 9.10. The van der Waals surface area contributed by atoms with Gasteiger partial charge in [-0.2, -0.15) is 0 Å². The summed E-state index contributed by atoms with van der Waals surface area (Å²) in [5.41, 5.74) is 2.04. The lowest BCUT2D eigenvalue weighted by Gasteiger charge is -2.12. The molecule has 0 saturated carbocycles. The van der Waals surface area contributed by atoms with Gasteiger partial charge in [-0.3, -0.25) is 0 Å². The molecule has 0 saturated heterocycles. The van der Waals surface area contributed by atoms with Crippen LogP contribution in [0.5, 0.6) is 5.75 Å². The van der Waals surface area contributed by atoms with Crippen LogP contribution in [0.15, 0.2) is 60.7 Å². The number of carboxylic acids is 1. The first kappa shape index (κ1) is 17.8. The van der Waals surface area contributed by atoms with E-state index in [1.54, 1.807) is 6.92 Å². The monoisotopic (exact) mass is 326 g/mol. The summed E-state index contributed by atoms with van der Waals surface area (Å²) in [6.07, 6.45) is 3.50. The number of hydrogen-bond acceptors (Lipinski definition) is 3. The summed E-state index contributed by atoms with van der Waals surface area (Å²) in [4.78, 5) is 11.1. The van der Waals surface area contributed by atoms with Gasteiger partial charge in [0.25, 0.3) is 0 Å². The summed E-state index contributed by atoms with van der Waals surface area (Å²) in [6.45, 7) is 2.65. The zero-order chi connectivity index (χ0) is 17.2. The maximum absolute atomic E-state index is 11.1. The van der Waals surface area contributed by atoms with E-state index in [1.165, 1.54) is 0 Å². The highest BCUT2D eigenvalue weighted by Gasteiger charge is 2.17. The van der Waals surface area contributed by atoms with E-state index in [0.29, 0.717) is 19.6 Å². The highest BCUT2D eigenvalue weighted by Crippen LogP contribution is 2.15. The second kappa shape index (κ2) is 9.53. The molecule has 0 fully saturated rings. The molecule has 4 nitrogen and oxygen atoms in total. The molecule has 0 aliphatic heterocycles. The maximum atomic E-state index is 11.1. The normalized spacial score (nSPS) is 12.2. The molecule has 24 heavy (non-hydrogen) atoms. The van der Waals surface area contributed by atoms with Crippen molar-refractivity contribution in [2.45, 2.75) is 19.4 Å². The smallest absolute Gasteiger partial charge is 0.333 e. The minimum atomic E-state index is -0.941. The number of hydrogen-bond donors (Lipinski definition) is 1. The second-order valence-corrected chi connectivity index (χ2v) is 5.25. The first-order valence-corrected chi connectivity index (χ1v) is 7.96. The van der Waals surface area contributed by atoms with E-state index in [4.69, 9.17) is 14.6 Å². The number of ether oxygens (including phenoxy) is 2. The lowest BCUT2D eigenvalue weighted by Crippen LogP contribution is -2.26. The third-order valence-electron chi connectivity index (χ3n) is 3.44. The predicted octanol–water partition coefficient (Wildman–Crippen LogP) is 3.81. The molecule has 1 atom stereocenters. The molecule has 4 heteroatoms. The molecule has 0 spiro atoms. The average Bonchev–Trinajstić information content (AvgIpc) is 2.60. The van der Waals surface area contributed by atoms with Crippen LogP contribution in [-0.4, -0.2) is 30.4 Å². The Hall–Kier alpha value is -2.59. The van der Waals surface area contributed by atoms with E-state index >= 15 is 0 Å². The fourth-order valence-electron chi connectivity index (χ4n) is 2.25. The zero-order valence-corrected chi connectivity index (χ0v) is 13.7. The quantitative estimate of drug-likeness (QED) is 0.761. The Kier molecular flexibility index (Phi) is 7.05. The summed E-state index contributed by atoms with van der Waals surface area (Å²) in [7, 11) is 0. The predicted molar refractivity (Wildman–Crippen MR) is 94.2 cm³/mol. The van der Waals surface area contributed by atoms with Gasteiger partial charge in [-0.25, -0.2) is 4.79 Å². The molecule has 1 N–H and O–H groups in total. The van der Waals surface area contributed by atoms with Crippen LogP contribution in [0, 0.1) is 0 Å².